The lowest BCUT2D eigenvalue weighted by Crippen LogP contribution is -2.36. The summed E-state index contributed by atoms with van der Waals surface area (Å²) in [5.41, 5.74) is 5.49. The number of rotatable bonds is 6. The smallest absolute Gasteiger partial charge is 0.326 e. The number of H-pyrrole nitrogens is 1. The number of nitrogens with zero attached hydrogens (tertiary/aromatic N) is 4. The van der Waals surface area contributed by atoms with E-state index in [0.717, 1.165) is 22.1 Å². The van der Waals surface area contributed by atoms with Gasteiger partial charge >= 0.3 is 5.97 Å². The third-order valence-electron chi connectivity index (χ3n) is 7.05. The lowest BCUT2D eigenvalue weighted by atomic mass is 10.0. The zero-order valence-electron chi connectivity index (χ0n) is 20.9. The van der Waals surface area contributed by atoms with E-state index in [2.05, 4.69) is 25.5 Å². The van der Waals surface area contributed by atoms with E-state index in [1.807, 2.05) is 55.6 Å². The van der Waals surface area contributed by atoms with Gasteiger partial charge in [-0.1, -0.05) is 18.2 Å². The highest BCUT2D eigenvalue weighted by molar-refractivity contribution is 6.06. The van der Waals surface area contributed by atoms with Crippen molar-refractivity contribution in [2.45, 2.75) is 32.7 Å². The van der Waals surface area contributed by atoms with Crippen LogP contribution in [0.5, 0.6) is 0 Å². The zero-order valence-corrected chi connectivity index (χ0v) is 20.9. The number of amides is 1. The Hall–Kier alpha value is -4.73. The number of benzene rings is 2. The number of para-hydroxylation sites is 1. The molecule has 5 aromatic rings. The Morgan fingerprint density at radius 2 is 2.03 bits per heavy atom. The van der Waals surface area contributed by atoms with Gasteiger partial charge in [0.25, 0.3) is 0 Å². The van der Waals surface area contributed by atoms with Gasteiger partial charge in [0.05, 0.1) is 6.20 Å². The highest BCUT2D eigenvalue weighted by Crippen LogP contribution is 2.38. The summed E-state index contributed by atoms with van der Waals surface area (Å²) in [5.74, 6) is -0.316. The summed E-state index contributed by atoms with van der Waals surface area (Å²) in [6.07, 6.45) is 4.09. The number of aromatic amines is 1. The third-order valence-corrected chi connectivity index (χ3v) is 7.05. The Kier molecular flexibility index (Phi) is 5.79. The van der Waals surface area contributed by atoms with E-state index < -0.39 is 12.0 Å². The van der Waals surface area contributed by atoms with Crippen molar-refractivity contribution in [1.29, 1.82) is 0 Å². The van der Waals surface area contributed by atoms with Crippen molar-refractivity contribution in [3.05, 3.63) is 66.2 Å². The van der Waals surface area contributed by atoms with Gasteiger partial charge < -0.3 is 19.7 Å². The molecule has 38 heavy (non-hydrogen) atoms. The highest BCUT2D eigenvalue weighted by atomic mass is 16.4. The lowest BCUT2D eigenvalue weighted by molar-refractivity contribution is -0.138. The summed E-state index contributed by atoms with van der Waals surface area (Å²) >= 11 is 0. The Morgan fingerprint density at radius 1 is 1.18 bits per heavy atom. The topological polar surface area (TPSA) is 137 Å². The molecule has 0 unspecified atom stereocenters. The predicted molar refractivity (Wildman–Crippen MR) is 143 cm³/mol. The average Bonchev–Trinajstić information content (AvgIpc) is 3.63. The van der Waals surface area contributed by atoms with Crippen LogP contribution in [0.2, 0.25) is 0 Å². The van der Waals surface area contributed by atoms with Gasteiger partial charge in [-0.2, -0.15) is 5.10 Å². The van der Waals surface area contributed by atoms with Crippen molar-refractivity contribution in [2.24, 2.45) is 5.92 Å². The maximum Gasteiger partial charge on any atom is 0.326 e. The van der Waals surface area contributed by atoms with Gasteiger partial charge in [0.2, 0.25) is 5.91 Å². The highest BCUT2D eigenvalue weighted by Gasteiger charge is 2.40. The summed E-state index contributed by atoms with van der Waals surface area (Å²) < 4.78 is 6.08. The van der Waals surface area contributed by atoms with E-state index in [9.17, 15) is 14.7 Å². The molecule has 1 aliphatic heterocycles. The van der Waals surface area contributed by atoms with E-state index >= 15 is 0 Å². The average molecular weight is 511 g/mol. The fourth-order valence-electron chi connectivity index (χ4n) is 5.36. The number of hydrogen-bond acceptors (Lipinski definition) is 7. The minimum Gasteiger partial charge on any atom is -0.480 e. The van der Waals surface area contributed by atoms with Gasteiger partial charge in [-0.3, -0.25) is 9.89 Å². The number of carbonyl (C=O) groups excluding carboxylic acids is 1. The normalized spacial score (nSPS) is 17.4. The molecule has 2 atom stereocenters. The van der Waals surface area contributed by atoms with Crippen molar-refractivity contribution in [1.82, 2.24) is 20.2 Å². The Bertz CT molecular complexity index is 1680. The SMILES string of the molecule is Cc1nc(N2C[C@@H](CC(=O)Nc3ccc(-c4cn[nH]c4)c(C)c3)C[C@H]2C(=O)O)c2oc3ccccc3c2n1. The molecule has 1 amide bonds. The second-order valence-corrected chi connectivity index (χ2v) is 9.75. The largest absolute Gasteiger partial charge is 0.480 e. The zero-order chi connectivity index (χ0) is 26.4. The molecule has 3 aromatic heterocycles. The number of carboxylic acids is 1. The minimum absolute atomic E-state index is 0.163. The summed E-state index contributed by atoms with van der Waals surface area (Å²) in [5, 5.41) is 20.6. The molecule has 1 saturated heterocycles. The van der Waals surface area contributed by atoms with Gasteiger partial charge in [-0.15, -0.1) is 0 Å². The third kappa shape index (κ3) is 4.23. The molecule has 0 radical (unpaired) electrons. The van der Waals surface area contributed by atoms with Crippen LogP contribution < -0.4 is 10.2 Å². The van der Waals surface area contributed by atoms with Crippen molar-refractivity contribution < 1.29 is 19.1 Å². The number of hydrogen-bond donors (Lipinski definition) is 3. The van der Waals surface area contributed by atoms with E-state index in [1.54, 1.807) is 18.0 Å². The van der Waals surface area contributed by atoms with Crippen LogP contribution in [0.15, 0.2) is 59.3 Å². The number of aliphatic carboxylic acids is 1. The van der Waals surface area contributed by atoms with Crippen molar-refractivity contribution in [3.8, 4) is 11.1 Å². The molecule has 4 heterocycles. The number of carbonyl (C=O) groups is 2. The predicted octanol–water partition coefficient (Wildman–Crippen LogP) is 4.69. The summed E-state index contributed by atoms with van der Waals surface area (Å²) in [6, 6.07) is 12.5. The molecule has 10 heteroatoms. The molecule has 3 N–H and O–H groups in total. The molecule has 0 spiro atoms. The molecule has 10 nitrogen and oxygen atoms in total. The van der Waals surface area contributed by atoms with Crippen LogP contribution in [-0.2, 0) is 9.59 Å². The molecule has 0 saturated carbocycles. The monoisotopic (exact) mass is 510 g/mol. The Labute approximate surface area is 217 Å². The second kappa shape index (κ2) is 9.29. The van der Waals surface area contributed by atoms with E-state index in [4.69, 9.17) is 4.42 Å². The first-order valence-electron chi connectivity index (χ1n) is 12.4. The summed E-state index contributed by atoms with van der Waals surface area (Å²) in [7, 11) is 0. The van der Waals surface area contributed by atoms with Gasteiger partial charge in [0, 0.05) is 35.8 Å². The maximum atomic E-state index is 13.0. The molecule has 192 valence electrons. The lowest BCUT2D eigenvalue weighted by Gasteiger charge is -2.22. The van der Waals surface area contributed by atoms with Crippen molar-refractivity contribution in [3.63, 3.8) is 0 Å². The number of carboxylic acid groups (broad SMARTS) is 1. The molecule has 2 aromatic carbocycles. The van der Waals surface area contributed by atoms with E-state index in [-0.39, 0.29) is 18.2 Å². The van der Waals surface area contributed by atoms with E-state index in [1.165, 1.54) is 0 Å². The van der Waals surface area contributed by atoms with Gasteiger partial charge in [-0.05, 0) is 61.6 Å². The number of aromatic nitrogens is 4. The van der Waals surface area contributed by atoms with Crippen LogP contribution in [0.25, 0.3) is 33.2 Å². The molecule has 0 bridgehead atoms. The van der Waals surface area contributed by atoms with E-state index in [0.29, 0.717) is 47.0 Å². The minimum atomic E-state index is -0.959. The second-order valence-electron chi connectivity index (χ2n) is 9.75. The number of fused-ring (bicyclic) bond motifs is 3. The van der Waals surface area contributed by atoms with Gasteiger partial charge in [0.15, 0.2) is 11.4 Å². The quantitative estimate of drug-likeness (QED) is 0.299. The molecule has 1 fully saturated rings. The first-order valence-corrected chi connectivity index (χ1v) is 12.4. The Morgan fingerprint density at radius 3 is 2.79 bits per heavy atom. The maximum absolute atomic E-state index is 13.0. The Balaban J connectivity index is 1.22. The number of aryl methyl sites for hydroxylation is 2. The summed E-state index contributed by atoms with van der Waals surface area (Å²) in [4.78, 5) is 36.1. The molecule has 1 aliphatic rings. The number of nitrogens with one attached hydrogen (secondary N) is 2. The van der Waals surface area contributed by atoms with Gasteiger partial charge in [-0.25, -0.2) is 14.8 Å². The van der Waals surface area contributed by atoms with Crippen LogP contribution in [0.1, 0.15) is 24.2 Å². The van der Waals surface area contributed by atoms with Crippen LogP contribution in [0.4, 0.5) is 11.5 Å². The summed E-state index contributed by atoms with van der Waals surface area (Å²) in [6.45, 7) is 4.12. The molecule has 6 rings (SSSR count). The van der Waals surface area contributed by atoms with Crippen molar-refractivity contribution in [2.75, 3.05) is 16.8 Å². The molecular formula is C28H26N6O4. The van der Waals surface area contributed by atoms with Crippen LogP contribution in [0.3, 0.4) is 0 Å². The van der Waals surface area contributed by atoms with Crippen molar-refractivity contribution >= 4 is 45.5 Å². The molecular weight excluding hydrogens is 484 g/mol. The van der Waals surface area contributed by atoms with Crippen LogP contribution in [0, 0.1) is 19.8 Å². The number of furan rings is 1. The first-order chi connectivity index (χ1) is 18.4. The standard InChI is InChI=1S/C28H26N6O4/c1-15-9-19(7-8-20(15)18-12-29-30-13-18)33-24(35)11-17-10-22(28(36)37)34(14-17)27-26-25(31-16(2)32-27)21-5-3-4-6-23(21)38-26/h3-9,12-13,17,22H,10-11,14H2,1-2H3,(H,29,30)(H,33,35)(H,36,37)/t17-,22+/m1/s1. The van der Waals surface area contributed by atoms with Crippen LogP contribution in [-0.4, -0.2) is 49.7 Å². The number of anilines is 2. The molecule has 0 aliphatic carbocycles. The van der Waals surface area contributed by atoms with Gasteiger partial charge in [0.1, 0.15) is 23.0 Å². The van der Waals surface area contributed by atoms with Crippen LogP contribution >= 0.6 is 0 Å². The first kappa shape index (κ1) is 23.7. The fourth-order valence-corrected chi connectivity index (χ4v) is 5.36. The fraction of sp³-hybridized carbons (Fsp3) is 0.250.